The number of primary amides is 1. The van der Waals surface area contributed by atoms with Gasteiger partial charge in [0.1, 0.15) is 16.7 Å². The van der Waals surface area contributed by atoms with Gasteiger partial charge in [0, 0.05) is 28.4 Å². The molecule has 3 aliphatic heterocycles. The summed E-state index contributed by atoms with van der Waals surface area (Å²) in [6.45, 7) is 6.55. The third-order valence-electron chi connectivity index (χ3n) is 10.2. The van der Waals surface area contributed by atoms with Crippen LogP contribution in [0.25, 0.3) is 0 Å². The summed E-state index contributed by atoms with van der Waals surface area (Å²) >= 11 is 12.8. The van der Waals surface area contributed by atoms with Crippen LogP contribution < -0.4 is 21.7 Å². The molecule has 9 nitrogen and oxygen atoms in total. The van der Waals surface area contributed by atoms with Gasteiger partial charge >= 0.3 is 0 Å². The predicted octanol–water partition coefficient (Wildman–Crippen LogP) is 4.21. The molecule has 1 unspecified atom stereocenters. The molecule has 5 atom stereocenters. The van der Waals surface area contributed by atoms with E-state index in [-0.39, 0.29) is 29.0 Å². The topological polar surface area (TPSA) is 135 Å². The van der Waals surface area contributed by atoms with E-state index in [1.54, 1.807) is 18.3 Å². The van der Waals surface area contributed by atoms with Crippen LogP contribution >= 0.6 is 23.2 Å². The first-order valence-electron chi connectivity index (χ1n) is 14.5. The molecule has 1 aromatic carbocycles. The molecular formula is C31H37Cl2N5O4. The van der Waals surface area contributed by atoms with Crippen LogP contribution in [0.15, 0.2) is 36.5 Å². The highest BCUT2D eigenvalue weighted by atomic mass is 35.5. The van der Waals surface area contributed by atoms with Crippen LogP contribution in [0.4, 0.5) is 5.69 Å². The largest absolute Gasteiger partial charge is 0.367 e. The number of nitrogens with two attached hydrogens (primary N) is 1. The number of benzene rings is 1. The van der Waals surface area contributed by atoms with Crippen molar-refractivity contribution < 1.29 is 19.1 Å². The zero-order chi connectivity index (χ0) is 30.1. The monoisotopic (exact) mass is 613 g/mol. The van der Waals surface area contributed by atoms with E-state index in [2.05, 4.69) is 34.8 Å². The number of amides is 3. The normalized spacial score (nSPS) is 32.9. The lowest BCUT2D eigenvalue weighted by Crippen LogP contribution is -2.62. The Balaban J connectivity index is 1.48. The molecule has 3 fully saturated rings. The first kappa shape index (κ1) is 29.4. The average Bonchev–Trinajstić information content (AvgIpc) is 3.38. The van der Waals surface area contributed by atoms with Gasteiger partial charge in [-0.2, -0.15) is 0 Å². The van der Waals surface area contributed by atoms with Crippen LogP contribution in [0, 0.1) is 5.41 Å². The van der Waals surface area contributed by atoms with E-state index in [1.165, 1.54) is 0 Å². The fraction of sp³-hybridized carbons (Fsp3) is 0.548. The van der Waals surface area contributed by atoms with E-state index in [1.807, 2.05) is 25.1 Å². The number of nitrogens with zero attached hydrogens (tertiary/aromatic N) is 1. The van der Waals surface area contributed by atoms with E-state index in [0.717, 1.165) is 24.0 Å². The van der Waals surface area contributed by atoms with Crippen molar-refractivity contribution in [3.05, 3.63) is 57.8 Å². The third kappa shape index (κ3) is 4.60. The first-order valence-corrected chi connectivity index (χ1v) is 15.3. The van der Waals surface area contributed by atoms with E-state index < -0.39 is 40.5 Å². The lowest BCUT2D eigenvalue weighted by Gasteiger charge is -2.50. The number of pyridine rings is 1. The first-order chi connectivity index (χ1) is 19.8. The highest BCUT2D eigenvalue weighted by molar-refractivity contribution is 6.31. The Bertz CT molecular complexity index is 1450. The van der Waals surface area contributed by atoms with E-state index in [4.69, 9.17) is 33.7 Å². The molecule has 11 heteroatoms. The summed E-state index contributed by atoms with van der Waals surface area (Å²) in [5.74, 6) is -1.51. The minimum Gasteiger partial charge on any atom is -0.367 e. The lowest BCUT2D eigenvalue weighted by molar-refractivity contribution is -0.137. The molecule has 3 amide bonds. The maximum absolute atomic E-state index is 14.6. The number of ether oxygens (including phenoxy) is 1. The van der Waals surface area contributed by atoms with E-state index >= 15 is 0 Å². The van der Waals surface area contributed by atoms with Crippen molar-refractivity contribution in [2.24, 2.45) is 11.1 Å². The van der Waals surface area contributed by atoms with Gasteiger partial charge in [0.05, 0.1) is 18.2 Å². The number of anilines is 1. The van der Waals surface area contributed by atoms with Crippen molar-refractivity contribution in [3.8, 4) is 0 Å². The smallest absolute Gasteiger partial charge is 0.246 e. The van der Waals surface area contributed by atoms with Crippen LogP contribution in [-0.4, -0.2) is 52.5 Å². The highest BCUT2D eigenvalue weighted by Crippen LogP contribution is 2.63. The van der Waals surface area contributed by atoms with Gasteiger partial charge in [0.25, 0.3) is 0 Å². The Morgan fingerprint density at radius 2 is 1.81 bits per heavy atom. The summed E-state index contributed by atoms with van der Waals surface area (Å²) in [4.78, 5) is 44.9. The molecule has 1 aliphatic carbocycles. The summed E-state index contributed by atoms with van der Waals surface area (Å²) in [6, 6.07) is 8.34. The quantitative estimate of drug-likeness (QED) is 0.381. The molecule has 1 aromatic heterocycles. The number of nitrogens with one attached hydrogen (secondary N) is 3. The van der Waals surface area contributed by atoms with Crippen molar-refractivity contribution in [2.45, 2.75) is 93.9 Å². The van der Waals surface area contributed by atoms with Crippen LogP contribution in [0.3, 0.4) is 0 Å². The van der Waals surface area contributed by atoms with E-state index in [9.17, 15) is 14.4 Å². The predicted molar refractivity (Wildman–Crippen MR) is 160 cm³/mol. The third-order valence-corrected chi connectivity index (χ3v) is 10.6. The zero-order valence-corrected chi connectivity index (χ0v) is 25.6. The summed E-state index contributed by atoms with van der Waals surface area (Å²) in [7, 11) is 0. The fourth-order valence-corrected chi connectivity index (χ4v) is 8.24. The van der Waals surface area contributed by atoms with Gasteiger partial charge in [-0.15, -0.1) is 0 Å². The Morgan fingerprint density at radius 3 is 2.45 bits per heavy atom. The standard InChI is InChI=1S/C31H37Cl2N5O4/c1-28(2)9-11-30(12-10-28)31(19-5-4-18(32)15-20(19)36-27(31)41)23(17-7-13-35-22(33)14-17)24(37-30)26(40)38-29(3)8-6-21(25(34)39)42-16-29/h4-5,7,13-15,21,23-24,37H,6,8-12,16H2,1-3H3,(H2,34,39)(H,36,41)(H,38,40)/t21-,23-,24+,29?,31+/m0/s1. The summed E-state index contributed by atoms with van der Waals surface area (Å²) in [6.07, 6.45) is 5.06. The minimum absolute atomic E-state index is 0.103. The maximum Gasteiger partial charge on any atom is 0.246 e. The molecule has 2 spiro atoms. The number of fused-ring (bicyclic) bond motifs is 3. The molecule has 2 saturated heterocycles. The number of rotatable bonds is 4. The molecule has 0 bridgehead atoms. The second-order valence-corrected chi connectivity index (χ2v) is 14.3. The molecule has 4 heterocycles. The van der Waals surface area contributed by atoms with Gasteiger partial charge in [0.15, 0.2) is 0 Å². The number of hydrogen-bond acceptors (Lipinski definition) is 6. The molecular weight excluding hydrogens is 577 g/mol. The maximum atomic E-state index is 14.6. The van der Waals surface area contributed by atoms with Gasteiger partial charge in [-0.3, -0.25) is 19.7 Å². The van der Waals surface area contributed by atoms with Crippen molar-refractivity contribution in [3.63, 3.8) is 0 Å². The molecule has 0 radical (unpaired) electrons. The molecule has 2 aromatic rings. The van der Waals surface area contributed by atoms with Crippen molar-refractivity contribution in [1.82, 2.24) is 15.6 Å². The van der Waals surface area contributed by atoms with Crippen molar-refractivity contribution in [2.75, 3.05) is 11.9 Å². The molecule has 4 aliphatic rings. The summed E-state index contributed by atoms with van der Waals surface area (Å²) < 4.78 is 5.73. The Labute approximate surface area is 255 Å². The van der Waals surface area contributed by atoms with Gasteiger partial charge in [-0.25, -0.2) is 4.98 Å². The lowest BCUT2D eigenvalue weighted by atomic mass is 9.53. The minimum atomic E-state index is -1.11. The second kappa shape index (κ2) is 10.2. The van der Waals surface area contributed by atoms with Crippen LogP contribution in [-0.2, 0) is 24.5 Å². The number of halogens is 2. The molecule has 1 saturated carbocycles. The van der Waals surface area contributed by atoms with Gasteiger partial charge in [-0.05, 0) is 86.3 Å². The molecule has 6 rings (SSSR count). The molecule has 42 heavy (non-hydrogen) atoms. The van der Waals surface area contributed by atoms with Crippen molar-refractivity contribution in [1.29, 1.82) is 0 Å². The Hall–Kier alpha value is -2.72. The SMILES string of the molecule is CC1(C)CCC2(CC1)N[C@@H](C(=O)NC1(C)CC[C@@H](C(N)=O)OC1)[C@H](c1ccnc(Cl)c1)[C@]21C(=O)Nc2cc(Cl)ccc21. The van der Waals surface area contributed by atoms with Crippen LogP contribution in [0.5, 0.6) is 0 Å². The summed E-state index contributed by atoms with van der Waals surface area (Å²) in [5, 5.41) is 10.9. The molecule has 5 N–H and O–H groups in total. The summed E-state index contributed by atoms with van der Waals surface area (Å²) in [5.41, 5.74) is 5.25. The Morgan fingerprint density at radius 1 is 1.07 bits per heavy atom. The number of carbonyl (C=O) groups is 3. The van der Waals surface area contributed by atoms with Crippen LogP contribution in [0.2, 0.25) is 10.2 Å². The van der Waals surface area contributed by atoms with Gasteiger partial charge < -0.3 is 21.1 Å². The molecule has 224 valence electrons. The highest BCUT2D eigenvalue weighted by Gasteiger charge is 2.72. The Kier molecular flexibility index (Phi) is 7.12. The second-order valence-electron chi connectivity index (χ2n) is 13.5. The van der Waals surface area contributed by atoms with Crippen LogP contribution in [0.1, 0.15) is 76.3 Å². The zero-order valence-electron chi connectivity index (χ0n) is 24.1. The number of hydrogen-bond donors (Lipinski definition) is 4. The number of aromatic nitrogens is 1. The number of carbonyl (C=O) groups excluding carboxylic acids is 3. The van der Waals surface area contributed by atoms with Gasteiger partial charge in [-0.1, -0.05) is 43.1 Å². The van der Waals surface area contributed by atoms with E-state index in [0.29, 0.717) is 36.4 Å². The fourth-order valence-electron chi connectivity index (χ4n) is 7.88. The van der Waals surface area contributed by atoms with Gasteiger partial charge in [0.2, 0.25) is 17.7 Å². The van der Waals surface area contributed by atoms with Crippen molar-refractivity contribution >= 4 is 46.6 Å². The average molecular weight is 615 g/mol.